The lowest BCUT2D eigenvalue weighted by Gasteiger charge is -2.30. The molecule has 1 aliphatic rings. The van der Waals surface area contributed by atoms with Crippen LogP contribution in [0.25, 0.3) is 0 Å². The molecular weight excluding hydrogens is 307 g/mol. The van der Waals surface area contributed by atoms with Gasteiger partial charge in [-0.2, -0.15) is 0 Å². The van der Waals surface area contributed by atoms with E-state index in [1.807, 2.05) is 4.90 Å². The van der Waals surface area contributed by atoms with Gasteiger partial charge >= 0.3 is 0 Å². The van der Waals surface area contributed by atoms with Crippen molar-refractivity contribution >= 4 is 29.1 Å². The van der Waals surface area contributed by atoms with Gasteiger partial charge in [-0.25, -0.2) is 0 Å². The number of rotatable bonds is 5. The van der Waals surface area contributed by atoms with E-state index in [4.69, 9.17) is 23.2 Å². The van der Waals surface area contributed by atoms with Gasteiger partial charge in [-0.15, -0.1) is 0 Å². The van der Waals surface area contributed by atoms with E-state index in [-0.39, 0.29) is 5.91 Å². The maximum absolute atomic E-state index is 12.7. The number of amides is 1. The molecule has 1 unspecified atom stereocenters. The van der Waals surface area contributed by atoms with Gasteiger partial charge in [0, 0.05) is 18.1 Å². The Morgan fingerprint density at radius 1 is 1.43 bits per heavy atom. The second-order valence-corrected chi connectivity index (χ2v) is 6.43. The van der Waals surface area contributed by atoms with Crippen LogP contribution in [-0.4, -0.2) is 37.0 Å². The third-order valence-corrected chi connectivity index (χ3v) is 4.37. The Morgan fingerprint density at radius 2 is 2.24 bits per heavy atom. The van der Waals surface area contributed by atoms with E-state index in [0.717, 1.165) is 32.6 Å². The molecule has 1 aromatic rings. The average Bonchev–Trinajstić information content (AvgIpc) is 2.47. The molecule has 21 heavy (non-hydrogen) atoms. The fraction of sp³-hybridized carbons (Fsp3) is 0.562. The molecule has 1 atom stereocenters. The van der Waals surface area contributed by atoms with Crippen LogP contribution in [0.1, 0.15) is 36.5 Å². The number of hydrogen-bond acceptors (Lipinski definition) is 2. The quantitative estimate of drug-likeness (QED) is 0.890. The molecule has 1 fully saturated rings. The van der Waals surface area contributed by atoms with Crippen LogP contribution in [0.15, 0.2) is 18.2 Å². The highest BCUT2D eigenvalue weighted by Gasteiger charge is 2.22. The number of nitrogens with one attached hydrogen (secondary N) is 1. The molecule has 1 amide bonds. The Morgan fingerprint density at radius 3 is 2.86 bits per heavy atom. The van der Waals surface area contributed by atoms with Crippen LogP contribution in [0.5, 0.6) is 0 Å². The molecule has 1 saturated heterocycles. The summed E-state index contributed by atoms with van der Waals surface area (Å²) in [6, 6.07) is 5.06. The van der Waals surface area contributed by atoms with Gasteiger partial charge in [0.15, 0.2) is 0 Å². The summed E-state index contributed by atoms with van der Waals surface area (Å²) in [5.74, 6) is 0.532. The summed E-state index contributed by atoms with van der Waals surface area (Å²) in [5, 5.41) is 4.38. The van der Waals surface area contributed by atoms with Crippen LogP contribution in [0.4, 0.5) is 0 Å². The SMILES string of the molecule is CCCN(CC1CCCNC1)C(=O)c1ccc(Cl)cc1Cl. The number of benzene rings is 1. The molecular formula is C16H22Cl2N2O. The molecule has 1 aromatic carbocycles. The van der Waals surface area contributed by atoms with E-state index in [9.17, 15) is 4.79 Å². The molecule has 0 bridgehead atoms. The topological polar surface area (TPSA) is 32.3 Å². The van der Waals surface area contributed by atoms with E-state index < -0.39 is 0 Å². The normalized spacial score (nSPS) is 18.5. The Balaban J connectivity index is 2.10. The maximum Gasteiger partial charge on any atom is 0.255 e. The zero-order chi connectivity index (χ0) is 15.2. The Hall–Kier alpha value is -0.770. The molecule has 0 aromatic heterocycles. The molecule has 1 heterocycles. The Bertz CT molecular complexity index is 487. The van der Waals surface area contributed by atoms with Crippen molar-refractivity contribution in [1.82, 2.24) is 10.2 Å². The summed E-state index contributed by atoms with van der Waals surface area (Å²) >= 11 is 12.1. The minimum Gasteiger partial charge on any atom is -0.338 e. The van der Waals surface area contributed by atoms with Gasteiger partial charge in [-0.3, -0.25) is 4.79 Å². The summed E-state index contributed by atoms with van der Waals surface area (Å²) in [5.41, 5.74) is 0.540. The largest absolute Gasteiger partial charge is 0.338 e. The van der Waals surface area contributed by atoms with Gasteiger partial charge in [0.1, 0.15) is 0 Å². The van der Waals surface area contributed by atoms with E-state index >= 15 is 0 Å². The number of carbonyl (C=O) groups is 1. The predicted octanol–water partition coefficient (Wildman–Crippen LogP) is 3.85. The monoisotopic (exact) mass is 328 g/mol. The van der Waals surface area contributed by atoms with Crippen molar-refractivity contribution in [2.24, 2.45) is 5.92 Å². The number of halogens is 2. The number of nitrogens with zero attached hydrogens (tertiary/aromatic N) is 1. The zero-order valence-corrected chi connectivity index (χ0v) is 13.9. The van der Waals surface area contributed by atoms with Crippen molar-refractivity contribution in [3.63, 3.8) is 0 Å². The first-order valence-corrected chi connectivity index (χ1v) is 8.32. The number of piperidine rings is 1. The molecule has 116 valence electrons. The van der Waals surface area contributed by atoms with Crippen molar-refractivity contribution in [1.29, 1.82) is 0 Å². The van der Waals surface area contributed by atoms with Crippen molar-refractivity contribution in [3.05, 3.63) is 33.8 Å². The Kier molecular flexibility index (Phi) is 6.34. The summed E-state index contributed by atoms with van der Waals surface area (Å²) in [6.45, 7) is 5.71. The van der Waals surface area contributed by atoms with Gasteiger partial charge in [0.05, 0.1) is 10.6 Å². The minimum absolute atomic E-state index is 0.00379. The molecule has 0 radical (unpaired) electrons. The zero-order valence-electron chi connectivity index (χ0n) is 12.4. The molecule has 0 spiro atoms. The van der Waals surface area contributed by atoms with Crippen molar-refractivity contribution in [3.8, 4) is 0 Å². The average molecular weight is 329 g/mol. The van der Waals surface area contributed by atoms with Crippen molar-refractivity contribution in [2.45, 2.75) is 26.2 Å². The van der Waals surface area contributed by atoms with Gasteiger partial charge < -0.3 is 10.2 Å². The fourth-order valence-corrected chi connectivity index (χ4v) is 3.26. The molecule has 1 N–H and O–H groups in total. The molecule has 0 aliphatic carbocycles. The van der Waals surface area contributed by atoms with Crippen LogP contribution in [0, 0.1) is 5.92 Å². The van der Waals surface area contributed by atoms with Gasteiger partial charge in [-0.05, 0) is 56.5 Å². The molecule has 2 rings (SSSR count). The lowest BCUT2D eigenvalue weighted by Crippen LogP contribution is -2.41. The van der Waals surface area contributed by atoms with Crippen LogP contribution < -0.4 is 5.32 Å². The molecule has 5 heteroatoms. The lowest BCUT2D eigenvalue weighted by molar-refractivity contribution is 0.0719. The van der Waals surface area contributed by atoms with Crippen molar-refractivity contribution < 1.29 is 4.79 Å². The van der Waals surface area contributed by atoms with Gasteiger partial charge in [0.2, 0.25) is 0 Å². The highest BCUT2D eigenvalue weighted by Crippen LogP contribution is 2.23. The van der Waals surface area contributed by atoms with Crippen LogP contribution >= 0.6 is 23.2 Å². The van der Waals surface area contributed by atoms with Gasteiger partial charge in [-0.1, -0.05) is 30.1 Å². The summed E-state index contributed by atoms with van der Waals surface area (Å²) in [4.78, 5) is 14.6. The third kappa shape index (κ3) is 4.60. The first-order valence-electron chi connectivity index (χ1n) is 7.57. The van der Waals surface area contributed by atoms with E-state index in [0.29, 0.717) is 21.5 Å². The van der Waals surface area contributed by atoms with E-state index in [2.05, 4.69) is 12.2 Å². The van der Waals surface area contributed by atoms with Crippen molar-refractivity contribution in [2.75, 3.05) is 26.2 Å². The first-order chi connectivity index (χ1) is 10.1. The van der Waals surface area contributed by atoms with Crippen LogP contribution in [-0.2, 0) is 0 Å². The minimum atomic E-state index is 0.00379. The lowest BCUT2D eigenvalue weighted by atomic mass is 9.98. The highest BCUT2D eigenvalue weighted by molar-refractivity contribution is 6.36. The van der Waals surface area contributed by atoms with E-state index in [1.165, 1.54) is 12.8 Å². The van der Waals surface area contributed by atoms with Crippen LogP contribution in [0.2, 0.25) is 10.0 Å². The standard InChI is InChI=1S/C16H22Cl2N2O/c1-2-8-20(11-12-4-3-7-19-10-12)16(21)14-6-5-13(17)9-15(14)18/h5-6,9,12,19H,2-4,7-8,10-11H2,1H3. The first kappa shape index (κ1) is 16.6. The Labute approximate surface area is 136 Å². The predicted molar refractivity (Wildman–Crippen MR) is 88.3 cm³/mol. The third-order valence-electron chi connectivity index (χ3n) is 3.82. The fourth-order valence-electron chi connectivity index (χ4n) is 2.77. The summed E-state index contributed by atoms with van der Waals surface area (Å²) < 4.78 is 0. The van der Waals surface area contributed by atoms with Crippen LogP contribution in [0.3, 0.4) is 0 Å². The summed E-state index contributed by atoms with van der Waals surface area (Å²) in [7, 11) is 0. The maximum atomic E-state index is 12.7. The summed E-state index contributed by atoms with van der Waals surface area (Å²) in [6.07, 6.45) is 3.30. The van der Waals surface area contributed by atoms with Gasteiger partial charge in [0.25, 0.3) is 5.91 Å². The molecule has 3 nitrogen and oxygen atoms in total. The van der Waals surface area contributed by atoms with E-state index in [1.54, 1.807) is 18.2 Å². The number of hydrogen-bond donors (Lipinski definition) is 1. The molecule has 0 saturated carbocycles. The number of carbonyl (C=O) groups excluding carboxylic acids is 1. The second kappa shape index (κ2) is 8.02. The smallest absolute Gasteiger partial charge is 0.255 e. The highest BCUT2D eigenvalue weighted by atomic mass is 35.5. The molecule has 1 aliphatic heterocycles. The second-order valence-electron chi connectivity index (χ2n) is 5.59.